The number of alkyl halides is 2. The van der Waals surface area contributed by atoms with Gasteiger partial charge in [0.15, 0.2) is 5.82 Å². The van der Waals surface area contributed by atoms with E-state index in [1.807, 2.05) is 0 Å². The molecular weight excluding hydrogens is 564 g/mol. The summed E-state index contributed by atoms with van der Waals surface area (Å²) < 4.78 is 65.7. The van der Waals surface area contributed by atoms with Crippen LogP contribution in [-0.4, -0.2) is 56.9 Å². The van der Waals surface area contributed by atoms with E-state index in [0.29, 0.717) is 4.88 Å². The predicted octanol–water partition coefficient (Wildman–Crippen LogP) is 5.90. The fourth-order valence-corrected chi connectivity index (χ4v) is 5.74. The summed E-state index contributed by atoms with van der Waals surface area (Å²) in [6, 6.07) is 3.43. The highest BCUT2D eigenvalue weighted by molar-refractivity contribution is 7.15. The number of halogens is 4. The van der Waals surface area contributed by atoms with E-state index in [1.54, 1.807) is 41.7 Å². The van der Waals surface area contributed by atoms with Gasteiger partial charge in [0.2, 0.25) is 0 Å². The molecule has 2 N–H and O–H groups in total. The topological polar surface area (TPSA) is 101 Å². The third-order valence-corrected chi connectivity index (χ3v) is 7.44. The van der Waals surface area contributed by atoms with Crippen molar-refractivity contribution in [3.8, 4) is 10.6 Å². The lowest BCUT2D eigenvalue weighted by Gasteiger charge is -2.32. The fraction of sp³-hybridized carbons (Fsp3) is 0.481. The van der Waals surface area contributed by atoms with Gasteiger partial charge in [-0.3, -0.25) is 9.48 Å². The molecule has 41 heavy (non-hydrogen) atoms. The Balaban J connectivity index is 1.56. The molecule has 2 aromatic heterocycles. The normalized spacial score (nSPS) is 19.0. The quantitative estimate of drug-likeness (QED) is 0.356. The first kappa shape index (κ1) is 30.3. The lowest BCUT2D eigenvalue weighted by atomic mass is 9.91. The minimum atomic E-state index is -3.21. The van der Waals surface area contributed by atoms with Crippen molar-refractivity contribution in [1.82, 2.24) is 20.1 Å². The van der Waals surface area contributed by atoms with Crippen LogP contribution in [0.25, 0.3) is 10.6 Å². The molecule has 14 heteroatoms. The molecule has 0 radical (unpaired) electrons. The monoisotopic (exact) mass is 596 g/mol. The van der Waals surface area contributed by atoms with Crippen LogP contribution in [0, 0.1) is 18.6 Å². The predicted molar refractivity (Wildman–Crippen MR) is 148 cm³/mol. The smallest absolute Gasteiger partial charge is 0.408 e. The van der Waals surface area contributed by atoms with Crippen molar-refractivity contribution >= 4 is 34.8 Å². The number of nitrogens with one attached hydrogen (secondary N) is 2. The van der Waals surface area contributed by atoms with Gasteiger partial charge in [-0.15, -0.1) is 11.3 Å². The third kappa shape index (κ3) is 6.97. The summed E-state index contributed by atoms with van der Waals surface area (Å²) in [7, 11) is 1.55. The van der Waals surface area contributed by atoms with Crippen molar-refractivity contribution in [1.29, 1.82) is 0 Å². The maximum atomic E-state index is 15.2. The van der Waals surface area contributed by atoms with E-state index in [-0.39, 0.29) is 40.7 Å². The molecule has 0 saturated carbocycles. The molecule has 0 spiro atoms. The molecule has 3 aromatic rings. The van der Waals surface area contributed by atoms with Crippen molar-refractivity contribution in [2.75, 3.05) is 23.3 Å². The van der Waals surface area contributed by atoms with Crippen LogP contribution in [0.5, 0.6) is 0 Å². The van der Waals surface area contributed by atoms with E-state index < -0.39 is 53.7 Å². The van der Waals surface area contributed by atoms with Gasteiger partial charge in [0.1, 0.15) is 33.6 Å². The summed E-state index contributed by atoms with van der Waals surface area (Å²) in [5, 5.41) is 9.42. The first-order valence-corrected chi connectivity index (χ1v) is 13.7. The molecule has 222 valence electrons. The number of ether oxygens (including phenoxy) is 1. The Morgan fingerprint density at radius 2 is 1.83 bits per heavy atom. The zero-order valence-electron chi connectivity index (χ0n) is 23.6. The second-order valence-electron chi connectivity index (χ2n) is 11.4. The Morgan fingerprint density at radius 1 is 1.17 bits per heavy atom. The lowest BCUT2D eigenvalue weighted by molar-refractivity contribution is -0.0195. The van der Waals surface area contributed by atoms with Crippen molar-refractivity contribution in [3.05, 3.63) is 46.6 Å². The summed E-state index contributed by atoms with van der Waals surface area (Å²) in [5.74, 6) is -5.29. The SMILES string of the molecule is Cc1sc(-c2c(F)cccc2F)nc1C(=O)Nc1cnn(C)c1N1CCC(C)(NC(=O)OC(C)(C)C)CC(F)(F)C1. The second kappa shape index (κ2) is 11.0. The Kier molecular flexibility index (Phi) is 8.09. The van der Waals surface area contributed by atoms with Crippen LogP contribution >= 0.6 is 11.3 Å². The fourth-order valence-electron chi connectivity index (χ4n) is 4.78. The van der Waals surface area contributed by atoms with E-state index in [9.17, 15) is 18.4 Å². The number of carbonyl (C=O) groups is 2. The minimum Gasteiger partial charge on any atom is -0.444 e. The highest BCUT2D eigenvalue weighted by atomic mass is 32.1. The summed E-state index contributed by atoms with van der Waals surface area (Å²) in [4.78, 5) is 31.6. The molecule has 1 fully saturated rings. The van der Waals surface area contributed by atoms with Crippen LogP contribution in [0.2, 0.25) is 0 Å². The Bertz CT molecular complexity index is 1450. The van der Waals surface area contributed by atoms with Crippen LogP contribution in [0.3, 0.4) is 0 Å². The van der Waals surface area contributed by atoms with Crippen LogP contribution in [0.15, 0.2) is 24.4 Å². The van der Waals surface area contributed by atoms with E-state index in [0.717, 1.165) is 23.5 Å². The van der Waals surface area contributed by atoms with Gasteiger partial charge in [0.25, 0.3) is 11.8 Å². The highest BCUT2D eigenvalue weighted by Gasteiger charge is 2.46. The molecule has 1 unspecified atom stereocenters. The standard InChI is InChI=1S/C27H32F4N6O3S/c1-15-20(34-22(41-15)19-16(28)8-7-9-17(19)29)21(38)33-18-12-32-36(6)23(18)37-11-10-26(5,13-27(30,31)14-37)35-24(39)40-25(2,3)4/h7-9,12H,10-11,13-14H2,1-6H3,(H,33,38)(H,35,39). The van der Waals surface area contributed by atoms with Gasteiger partial charge in [-0.2, -0.15) is 5.10 Å². The molecule has 0 bridgehead atoms. The van der Waals surface area contributed by atoms with Gasteiger partial charge < -0.3 is 20.3 Å². The number of aromatic nitrogens is 3. The number of rotatable bonds is 5. The van der Waals surface area contributed by atoms with Gasteiger partial charge in [0, 0.05) is 30.4 Å². The number of hydrogen-bond acceptors (Lipinski definition) is 7. The van der Waals surface area contributed by atoms with Crippen molar-refractivity contribution in [2.45, 2.75) is 64.5 Å². The first-order valence-electron chi connectivity index (χ1n) is 12.9. The number of amides is 2. The number of aryl methyl sites for hydroxylation is 2. The van der Waals surface area contributed by atoms with Gasteiger partial charge in [-0.25, -0.2) is 27.3 Å². The number of benzene rings is 1. The average molecular weight is 597 g/mol. The van der Waals surface area contributed by atoms with E-state index in [2.05, 4.69) is 20.7 Å². The largest absolute Gasteiger partial charge is 0.444 e. The molecule has 1 aliphatic heterocycles. The summed E-state index contributed by atoms with van der Waals surface area (Å²) in [6.45, 7) is 7.60. The molecule has 1 atom stereocenters. The van der Waals surface area contributed by atoms with Gasteiger partial charge >= 0.3 is 6.09 Å². The number of carbonyl (C=O) groups excluding carboxylic acids is 2. The van der Waals surface area contributed by atoms with Crippen LogP contribution < -0.4 is 15.5 Å². The Labute approximate surface area is 238 Å². The van der Waals surface area contributed by atoms with Crippen molar-refractivity contribution in [3.63, 3.8) is 0 Å². The third-order valence-electron chi connectivity index (χ3n) is 6.45. The van der Waals surface area contributed by atoms with Crippen LogP contribution in [0.4, 0.5) is 33.9 Å². The molecule has 9 nitrogen and oxygen atoms in total. The lowest BCUT2D eigenvalue weighted by Crippen LogP contribution is -2.50. The zero-order valence-corrected chi connectivity index (χ0v) is 24.4. The zero-order chi connectivity index (χ0) is 30.3. The number of anilines is 2. The molecule has 3 heterocycles. The van der Waals surface area contributed by atoms with Crippen molar-refractivity contribution in [2.24, 2.45) is 7.05 Å². The van der Waals surface area contributed by atoms with Crippen molar-refractivity contribution < 1.29 is 31.9 Å². The maximum Gasteiger partial charge on any atom is 0.408 e. The summed E-state index contributed by atoms with van der Waals surface area (Å²) in [5.41, 5.74) is -2.29. The molecule has 2 amide bonds. The second-order valence-corrected chi connectivity index (χ2v) is 12.6. The average Bonchev–Trinajstić information content (AvgIpc) is 3.33. The Morgan fingerprint density at radius 3 is 2.46 bits per heavy atom. The van der Waals surface area contributed by atoms with E-state index >= 15 is 8.78 Å². The van der Waals surface area contributed by atoms with E-state index in [1.165, 1.54) is 21.8 Å². The number of nitrogens with zero attached hydrogens (tertiary/aromatic N) is 4. The van der Waals surface area contributed by atoms with Gasteiger partial charge in [0.05, 0.1) is 18.3 Å². The molecule has 1 aliphatic rings. The number of hydrogen-bond donors (Lipinski definition) is 2. The van der Waals surface area contributed by atoms with Gasteiger partial charge in [-0.05, 0) is 53.2 Å². The van der Waals surface area contributed by atoms with Gasteiger partial charge in [-0.1, -0.05) is 6.07 Å². The maximum absolute atomic E-state index is 15.2. The van der Waals surface area contributed by atoms with Crippen LogP contribution in [0.1, 0.15) is 55.9 Å². The first-order chi connectivity index (χ1) is 19.0. The number of thiazole rings is 1. The highest BCUT2D eigenvalue weighted by Crippen LogP contribution is 2.38. The molecule has 4 rings (SSSR count). The van der Waals surface area contributed by atoms with E-state index in [4.69, 9.17) is 4.74 Å². The summed E-state index contributed by atoms with van der Waals surface area (Å²) >= 11 is 0.955. The molecule has 0 aliphatic carbocycles. The number of alkyl carbamates (subject to hydrolysis) is 1. The van der Waals surface area contributed by atoms with Crippen LogP contribution in [-0.2, 0) is 11.8 Å². The summed E-state index contributed by atoms with van der Waals surface area (Å²) in [6.07, 6.45) is 0.0744. The minimum absolute atomic E-state index is 0.00130. The molecular formula is C27H32F4N6O3S. The molecule has 1 aromatic carbocycles. The molecule has 1 saturated heterocycles. The Hall–Kier alpha value is -3.68.